The number of esters is 1. The fourth-order valence-electron chi connectivity index (χ4n) is 2.05. The van der Waals surface area contributed by atoms with E-state index in [2.05, 4.69) is 4.98 Å². The molecule has 1 heterocycles. The third-order valence-electron chi connectivity index (χ3n) is 3.06. The number of nitrogens with zero attached hydrogens (tertiary/aromatic N) is 3. The number of rotatable bonds is 5. The highest BCUT2D eigenvalue weighted by atomic mass is 35.5. The van der Waals surface area contributed by atoms with Gasteiger partial charge in [0.1, 0.15) is 11.6 Å². The van der Waals surface area contributed by atoms with Gasteiger partial charge in [-0.05, 0) is 38.1 Å². The van der Waals surface area contributed by atoms with Crippen LogP contribution in [0.15, 0.2) is 35.2 Å². The topological polar surface area (TPSA) is 83.3 Å². The fraction of sp³-hybridized carbons (Fsp3) is 0.222. The first-order chi connectivity index (χ1) is 12.3. The van der Waals surface area contributed by atoms with E-state index in [1.165, 1.54) is 29.2 Å². The molecule has 6 nitrogen and oxygen atoms in total. The summed E-state index contributed by atoms with van der Waals surface area (Å²) in [6, 6.07) is 8.64. The van der Waals surface area contributed by atoms with E-state index in [0.29, 0.717) is 21.5 Å². The third-order valence-corrected chi connectivity index (χ3v) is 4.14. The van der Waals surface area contributed by atoms with Crippen LogP contribution in [0.2, 0.25) is 5.02 Å². The van der Waals surface area contributed by atoms with Gasteiger partial charge >= 0.3 is 5.97 Å². The first kappa shape index (κ1) is 19.6. The van der Waals surface area contributed by atoms with Gasteiger partial charge in [0.2, 0.25) is 5.91 Å². The van der Waals surface area contributed by atoms with E-state index in [-0.39, 0.29) is 17.6 Å². The molecule has 1 aromatic heterocycles. The van der Waals surface area contributed by atoms with E-state index in [9.17, 15) is 9.59 Å². The Labute approximate surface area is 160 Å². The van der Waals surface area contributed by atoms with Crippen LogP contribution in [0.25, 0.3) is 6.08 Å². The Bertz CT molecular complexity index is 899. The summed E-state index contributed by atoms with van der Waals surface area (Å²) in [4.78, 5) is 29.7. The van der Waals surface area contributed by atoms with E-state index in [1.807, 2.05) is 6.07 Å². The molecule has 8 heteroatoms. The number of hydrogen-bond donors (Lipinski definition) is 0. The second-order valence-electron chi connectivity index (χ2n) is 5.51. The van der Waals surface area contributed by atoms with Crippen molar-refractivity contribution in [1.29, 1.82) is 5.26 Å². The number of thiazole rings is 1. The van der Waals surface area contributed by atoms with Gasteiger partial charge in [-0.25, -0.2) is 9.78 Å². The molecule has 0 atom stereocenters. The molecule has 0 aliphatic carbocycles. The summed E-state index contributed by atoms with van der Waals surface area (Å²) in [5.74, 6) is -0.952. The average Bonchev–Trinajstić information content (AvgIpc) is 2.99. The summed E-state index contributed by atoms with van der Waals surface area (Å²) in [5, 5.41) is 11.7. The molecule has 0 fully saturated rings. The molecule has 0 N–H and O–H groups in total. The number of anilines is 2. The summed E-state index contributed by atoms with van der Waals surface area (Å²) in [5.41, 5.74) is 0.804. The number of ether oxygens (including phenoxy) is 1. The Kier molecular flexibility index (Phi) is 6.50. The summed E-state index contributed by atoms with van der Waals surface area (Å²) in [7, 11) is 0. The van der Waals surface area contributed by atoms with Gasteiger partial charge in [0.05, 0.1) is 17.5 Å². The first-order valence-corrected chi connectivity index (χ1v) is 8.92. The molecule has 0 spiro atoms. The van der Waals surface area contributed by atoms with E-state index in [1.54, 1.807) is 43.5 Å². The summed E-state index contributed by atoms with van der Waals surface area (Å²) >= 11 is 7.21. The Balaban J connectivity index is 2.35. The van der Waals surface area contributed by atoms with Gasteiger partial charge in [0.25, 0.3) is 0 Å². The molecule has 26 heavy (non-hydrogen) atoms. The van der Waals surface area contributed by atoms with Gasteiger partial charge < -0.3 is 4.74 Å². The van der Waals surface area contributed by atoms with E-state index < -0.39 is 5.97 Å². The summed E-state index contributed by atoms with van der Waals surface area (Å²) < 4.78 is 5.02. The summed E-state index contributed by atoms with van der Waals surface area (Å²) in [6.07, 6.45) is 1.00. The number of hydrogen-bond acceptors (Lipinski definition) is 6. The minimum atomic E-state index is -0.713. The van der Waals surface area contributed by atoms with Crippen LogP contribution in [0.4, 0.5) is 10.8 Å². The lowest BCUT2D eigenvalue weighted by molar-refractivity contribution is -0.142. The molecule has 2 rings (SSSR count). The minimum absolute atomic E-state index is 0.160. The Morgan fingerprint density at radius 3 is 2.73 bits per heavy atom. The average molecular weight is 390 g/mol. The van der Waals surface area contributed by atoms with Gasteiger partial charge in [0.15, 0.2) is 5.13 Å². The van der Waals surface area contributed by atoms with Crippen LogP contribution in [0.3, 0.4) is 0 Å². The standard InChI is InChI=1S/C18H16ClN3O3S/c1-11(2)25-17(24)13(9-20)7-15-10-26-18(21-15)22(12(3)23)16-6-4-5-14(19)8-16/h4-8,10-11H,1-3H3/b13-7+. The molecule has 0 aliphatic heterocycles. The predicted molar refractivity (Wildman–Crippen MR) is 101 cm³/mol. The number of carbonyl (C=O) groups is 2. The third kappa shape index (κ3) is 4.91. The minimum Gasteiger partial charge on any atom is -0.459 e. The zero-order chi connectivity index (χ0) is 19.3. The van der Waals surface area contributed by atoms with Crippen molar-refractivity contribution < 1.29 is 14.3 Å². The maximum Gasteiger partial charge on any atom is 0.349 e. The van der Waals surface area contributed by atoms with Crippen LogP contribution in [0.5, 0.6) is 0 Å². The smallest absolute Gasteiger partial charge is 0.349 e. The van der Waals surface area contributed by atoms with Crippen molar-refractivity contribution in [2.45, 2.75) is 26.9 Å². The Morgan fingerprint density at radius 1 is 1.42 bits per heavy atom. The Hall–Kier alpha value is -2.69. The number of amides is 1. The van der Waals surface area contributed by atoms with E-state index in [0.717, 1.165) is 0 Å². The molecule has 0 saturated heterocycles. The molecule has 0 unspecified atom stereocenters. The maximum atomic E-state index is 12.1. The lowest BCUT2D eigenvalue weighted by atomic mass is 10.2. The molecule has 0 saturated carbocycles. The van der Waals surface area contributed by atoms with Gasteiger partial charge in [-0.15, -0.1) is 11.3 Å². The van der Waals surface area contributed by atoms with Crippen molar-refractivity contribution in [3.05, 3.63) is 45.9 Å². The molecule has 1 amide bonds. The van der Waals surface area contributed by atoms with Crippen LogP contribution in [0.1, 0.15) is 26.5 Å². The van der Waals surface area contributed by atoms with Crippen molar-refractivity contribution >= 4 is 51.7 Å². The molecule has 0 radical (unpaired) electrons. The van der Waals surface area contributed by atoms with Crippen molar-refractivity contribution in [2.24, 2.45) is 0 Å². The largest absolute Gasteiger partial charge is 0.459 e. The zero-order valence-corrected chi connectivity index (χ0v) is 16.0. The van der Waals surface area contributed by atoms with Crippen molar-refractivity contribution in [3.8, 4) is 6.07 Å². The number of nitriles is 1. The number of benzene rings is 1. The van der Waals surface area contributed by atoms with Crippen molar-refractivity contribution in [2.75, 3.05) is 4.90 Å². The molecular weight excluding hydrogens is 374 g/mol. The van der Waals surface area contributed by atoms with Gasteiger partial charge in [0, 0.05) is 17.3 Å². The van der Waals surface area contributed by atoms with Gasteiger partial charge in [-0.3, -0.25) is 9.69 Å². The molecule has 134 valence electrons. The first-order valence-electron chi connectivity index (χ1n) is 7.66. The van der Waals surface area contributed by atoms with Gasteiger partial charge in [-0.2, -0.15) is 5.26 Å². The molecule has 0 bridgehead atoms. The van der Waals surface area contributed by atoms with Crippen LogP contribution < -0.4 is 4.90 Å². The highest BCUT2D eigenvalue weighted by molar-refractivity contribution is 7.14. The maximum absolute atomic E-state index is 12.1. The second-order valence-corrected chi connectivity index (χ2v) is 6.79. The monoisotopic (exact) mass is 389 g/mol. The molecule has 2 aromatic rings. The highest BCUT2D eigenvalue weighted by Crippen LogP contribution is 2.31. The van der Waals surface area contributed by atoms with Crippen LogP contribution in [-0.2, 0) is 14.3 Å². The zero-order valence-electron chi connectivity index (χ0n) is 14.4. The van der Waals surface area contributed by atoms with Crippen LogP contribution >= 0.6 is 22.9 Å². The van der Waals surface area contributed by atoms with Crippen molar-refractivity contribution in [1.82, 2.24) is 4.98 Å². The lowest BCUT2D eigenvalue weighted by Gasteiger charge is -2.18. The SMILES string of the molecule is CC(=O)N(c1cccc(Cl)c1)c1nc(/C=C(\C#N)C(=O)OC(C)C)cs1. The van der Waals surface area contributed by atoms with E-state index >= 15 is 0 Å². The lowest BCUT2D eigenvalue weighted by Crippen LogP contribution is -2.22. The quantitative estimate of drug-likeness (QED) is 0.431. The summed E-state index contributed by atoms with van der Waals surface area (Å²) in [6.45, 7) is 4.81. The number of halogens is 1. The fourth-order valence-corrected chi connectivity index (χ4v) is 3.08. The normalized spacial score (nSPS) is 11.2. The number of aromatic nitrogens is 1. The molecular formula is C18H16ClN3O3S. The van der Waals surface area contributed by atoms with Crippen LogP contribution in [0, 0.1) is 11.3 Å². The van der Waals surface area contributed by atoms with Crippen LogP contribution in [-0.4, -0.2) is 23.0 Å². The second kappa shape index (κ2) is 8.61. The van der Waals surface area contributed by atoms with Gasteiger partial charge in [-0.1, -0.05) is 17.7 Å². The Morgan fingerprint density at radius 2 is 2.15 bits per heavy atom. The highest BCUT2D eigenvalue weighted by Gasteiger charge is 2.19. The van der Waals surface area contributed by atoms with Crippen molar-refractivity contribution in [3.63, 3.8) is 0 Å². The number of carbonyl (C=O) groups excluding carboxylic acids is 2. The molecule has 1 aromatic carbocycles. The predicted octanol–water partition coefficient (Wildman–Crippen LogP) is 4.34. The van der Waals surface area contributed by atoms with E-state index in [4.69, 9.17) is 21.6 Å². The molecule has 0 aliphatic rings.